The Bertz CT molecular complexity index is 444. The lowest BCUT2D eigenvalue weighted by atomic mass is 9.76. The van der Waals surface area contributed by atoms with E-state index in [1.165, 1.54) is 17.6 Å². The largest absolute Gasteiger partial charge is 0.598 e. The molecule has 3 heteroatoms. The molecule has 2 unspecified atom stereocenters. The molecule has 0 bridgehead atoms. The Morgan fingerprint density at radius 1 is 1.35 bits per heavy atom. The first-order chi connectivity index (χ1) is 9.29. The van der Waals surface area contributed by atoms with Crippen molar-refractivity contribution < 1.29 is 4.55 Å². The van der Waals surface area contributed by atoms with E-state index in [0.717, 1.165) is 6.42 Å². The van der Waals surface area contributed by atoms with Gasteiger partial charge in [0.15, 0.2) is 0 Å². The first kappa shape index (κ1) is 15.9. The summed E-state index contributed by atoms with van der Waals surface area (Å²) in [6, 6.07) is 0.127. The highest BCUT2D eigenvalue weighted by molar-refractivity contribution is 7.90. The van der Waals surface area contributed by atoms with Gasteiger partial charge in [0, 0.05) is 11.4 Å². The minimum Gasteiger partial charge on any atom is -0.598 e. The van der Waals surface area contributed by atoms with Crippen LogP contribution >= 0.6 is 0 Å². The zero-order valence-electron chi connectivity index (χ0n) is 13.3. The first-order valence-electron chi connectivity index (χ1n) is 7.56. The highest BCUT2D eigenvalue weighted by Crippen LogP contribution is 2.36. The van der Waals surface area contributed by atoms with Crippen LogP contribution in [0, 0.1) is 11.8 Å². The fraction of sp³-hybridized carbons (Fsp3) is 0.647. The van der Waals surface area contributed by atoms with Gasteiger partial charge in [-0.25, -0.2) is 0 Å². The molecule has 0 heterocycles. The Balaban J connectivity index is 2.18. The molecule has 0 amide bonds. The van der Waals surface area contributed by atoms with E-state index in [4.69, 9.17) is 0 Å². The van der Waals surface area contributed by atoms with Crippen molar-refractivity contribution in [3.63, 3.8) is 0 Å². The number of rotatable bonds is 3. The van der Waals surface area contributed by atoms with Crippen molar-refractivity contribution >= 4 is 11.4 Å². The molecule has 2 aliphatic rings. The van der Waals surface area contributed by atoms with Crippen molar-refractivity contribution in [2.45, 2.75) is 58.2 Å². The molecule has 0 aromatic rings. The van der Waals surface area contributed by atoms with Crippen molar-refractivity contribution in [2.24, 2.45) is 11.8 Å². The van der Waals surface area contributed by atoms with Gasteiger partial charge in [-0.2, -0.15) is 0 Å². The van der Waals surface area contributed by atoms with E-state index in [-0.39, 0.29) is 10.8 Å². The van der Waals surface area contributed by atoms with Crippen LogP contribution in [0.4, 0.5) is 0 Å². The highest BCUT2D eigenvalue weighted by atomic mass is 32.2. The van der Waals surface area contributed by atoms with Crippen LogP contribution in [-0.4, -0.2) is 15.3 Å². The second kappa shape index (κ2) is 6.08. The molecule has 2 nitrogen and oxygen atoms in total. The van der Waals surface area contributed by atoms with Crippen LogP contribution in [0.1, 0.15) is 47.5 Å². The van der Waals surface area contributed by atoms with Crippen molar-refractivity contribution in [3.8, 4) is 0 Å². The second-order valence-corrected chi connectivity index (χ2v) is 9.04. The smallest absolute Gasteiger partial charge is 0.136 e. The predicted octanol–water partition coefficient (Wildman–Crippen LogP) is 3.90. The van der Waals surface area contributed by atoms with Crippen molar-refractivity contribution in [2.75, 3.05) is 0 Å². The quantitative estimate of drug-likeness (QED) is 0.801. The van der Waals surface area contributed by atoms with Gasteiger partial charge >= 0.3 is 0 Å². The van der Waals surface area contributed by atoms with Gasteiger partial charge in [0.25, 0.3) is 0 Å². The van der Waals surface area contributed by atoms with E-state index >= 15 is 0 Å². The zero-order chi connectivity index (χ0) is 14.9. The summed E-state index contributed by atoms with van der Waals surface area (Å²) in [4.78, 5) is 0. The normalized spacial score (nSPS) is 29.3. The van der Waals surface area contributed by atoms with Crippen LogP contribution < -0.4 is 4.72 Å². The average Bonchev–Trinajstić information content (AvgIpc) is 2.36. The minimum absolute atomic E-state index is 0.127. The molecular weight excluding hydrogens is 266 g/mol. The topological polar surface area (TPSA) is 35.1 Å². The molecule has 0 saturated heterocycles. The van der Waals surface area contributed by atoms with E-state index in [2.05, 4.69) is 42.9 Å². The van der Waals surface area contributed by atoms with Gasteiger partial charge in [0.1, 0.15) is 4.75 Å². The molecule has 112 valence electrons. The van der Waals surface area contributed by atoms with Crippen LogP contribution in [0.25, 0.3) is 0 Å². The van der Waals surface area contributed by atoms with Crippen molar-refractivity contribution in [3.05, 3.63) is 35.5 Å². The van der Waals surface area contributed by atoms with Crippen LogP contribution in [0.5, 0.6) is 0 Å². The van der Waals surface area contributed by atoms with Gasteiger partial charge < -0.3 is 4.55 Å². The molecule has 2 aliphatic carbocycles. The first-order valence-corrected chi connectivity index (χ1v) is 8.71. The standard InChI is InChI=1S/C17H27NOS/c1-12-9-10-16-14(11-12)7-6-8-15(16)13(2)18-20(19)17(3,4)5/h6,8-10,12-14,18H,7,11H2,1-5H3/t12?,13-,14?,20+/m1/s1. The fourth-order valence-electron chi connectivity index (χ4n) is 2.86. The predicted molar refractivity (Wildman–Crippen MR) is 87.7 cm³/mol. The van der Waals surface area contributed by atoms with Gasteiger partial charge in [-0.15, -0.1) is 4.72 Å². The van der Waals surface area contributed by atoms with E-state index < -0.39 is 11.4 Å². The van der Waals surface area contributed by atoms with E-state index in [0.29, 0.717) is 11.8 Å². The van der Waals surface area contributed by atoms with Gasteiger partial charge in [-0.1, -0.05) is 31.2 Å². The van der Waals surface area contributed by atoms with Crippen LogP contribution in [-0.2, 0) is 11.4 Å². The summed E-state index contributed by atoms with van der Waals surface area (Å²) in [7, 11) is 0. The minimum atomic E-state index is -1.03. The summed E-state index contributed by atoms with van der Waals surface area (Å²) in [6.07, 6.45) is 11.4. The molecule has 1 N–H and O–H groups in total. The summed E-state index contributed by atoms with van der Waals surface area (Å²) < 4.78 is 15.3. The maximum atomic E-state index is 12.3. The molecule has 4 atom stereocenters. The van der Waals surface area contributed by atoms with Crippen LogP contribution in [0.15, 0.2) is 35.5 Å². The molecule has 0 radical (unpaired) electrons. The van der Waals surface area contributed by atoms with Crippen LogP contribution in [0.3, 0.4) is 0 Å². The SMILES string of the molecule is CC1C=CC2=C([C@@H](C)N[S@@+]([O-])C(C)(C)C)C=CCC2C1. The Morgan fingerprint density at radius 2 is 2.05 bits per heavy atom. The molecule has 0 aromatic carbocycles. The number of hydrogen-bond donors (Lipinski definition) is 1. The third-order valence-electron chi connectivity index (χ3n) is 4.06. The summed E-state index contributed by atoms with van der Waals surface area (Å²) in [5.74, 6) is 1.31. The van der Waals surface area contributed by atoms with Gasteiger partial charge in [0.2, 0.25) is 0 Å². The molecule has 2 rings (SSSR count). The average molecular weight is 293 g/mol. The molecule has 0 fully saturated rings. The van der Waals surface area contributed by atoms with Crippen molar-refractivity contribution in [1.82, 2.24) is 4.72 Å². The molecule has 0 aliphatic heterocycles. The summed E-state index contributed by atoms with van der Waals surface area (Å²) in [5, 5.41) is 0. The molecule has 0 saturated carbocycles. The second-order valence-electron chi connectivity index (χ2n) is 7.04. The monoisotopic (exact) mass is 293 g/mol. The van der Waals surface area contributed by atoms with Gasteiger partial charge in [-0.05, 0) is 63.5 Å². The Labute approximate surface area is 126 Å². The lowest BCUT2D eigenvalue weighted by Crippen LogP contribution is -2.44. The summed E-state index contributed by atoms with van der Waals surface area (Å²) in [6.45, 7) is 10.4. The maximum absolute atomic E-state index is 12.3. The Morgan fingerprint density at radius 3 is 2.70 bits per heavy atom. The van der Waals surface area contributed by atoms with E-state index in [9.17, 15) is 4.55 Å². The summed E-state index contributed by atoms with van der Waals surface area (Å²) >= 11 is -1.03. The third-order valence-corrected chi connectivity index (χ3v) is 5.74. The number of nitrogens with one attached hydrogen (secondary N) is 1. The van der Waals surface area contributed by atoms with Gasteiger partial charge in [0.05, 0.1) is 6.04 Å². The van der Waals surface area contributed by atoms with Crippen LogP contribution in [0.2, 0.25) is 0 Å². The molecular formula is C17H27NOS. The fourth-order valence-corrected chi connectivity index (χ4v) is 3.67. The van der Waals surface area contributed by atoms with E-state index in [1.54, 1.807) is 0 Å². The summed E-state index contributed by atoms with van der Waals surface area (Å²) in [5.41, 5.74) is 2.75. The zero-order valence-corrected chi connectivity index (χ0v) is 14.1. The highest BCUT2D eigenvalue weighted by Gasteiger charge is 2.31. The molecule has 0 spiro atoms. The Kier molecular flexibility index (Phi) is 4.83. The third kappa shape index (κ3) is 3.57. The van der Waals surface area contributed by atoms with E-state index in [1.807, 2.05) is 20.8 Å². The number of hydrogen-bond acceptors (Lipinski definition) is 2. The maximum Gasteiger partial charge on any atom is 0.136 e. The number of allylic oxidation sites excluding steroid dienone is 4. The molecule has 20 heavy (non-hydrogen) atoms. The van der Waals surface area contributed by atoms with Gasteiger partial charge in [-0.3, -0.25) is 0 Å². The number of fused-ring (bicyclic) bond motifs is 1. The molecule has 0 aromatic heterocycles. The van der Waals surface area contributed by atoms with Crippen molar-refractivity contribution in [1.29, 1.82) is 0 Å². The Hall–Kier alpha value is -0.510. The lowest BCUT2D eigenvalue weighted by Gasteiger charge is -2.32. The lowest BCUT2D eigenvalue weighted by molar-refractivity contribution is 0.472.